The lowest BCUT2D eigenvalue weighted by Gasteiger charge is -2.07. The number of hydrogen-bond donors (Lipinski definition) is 0. The number of benzene rings is 3. The molecule has 0 spiro atoms. The first-order valence-electron chi connectivity index (χ1n) is 7.85. The van der Waals surface area contributed by atoms with Gasteiger partial charge in [-0.15, -0.1) is 0 Å². The standard InChI is InChI=1S/C19H12ClNO6S/c20-14-3-9-17(10-4-14)28(25,26)18-11-7-16(8-12-18)27-19(22)13-1-5-15(6-2-13)21(23)24/h1-12H. The Bertz CT molecular complexity index is 1120. The van der Waals surface area contributed by atoms with E-state index in [0.717, 1.165) is 0 Å². The van der Waals surface area contributed by atoms with Crippen LogP contribution in [0.25, 0.3) is 0 Å². The zero-order valence-electron chi connectivity index (χ0n) is 14.1. The Morgan fingerprint density at radius 3 is 1.86 bits per heavy atom. The topological polar surface area (TPSA) is 104 Å². The summed E-state index contributed by atoms with van der Waals surface area (Å²) in [5.41, 5.74) is -0.0169. The molecule has 28 heavy (non-hydrogen) atoms. The third-order valence-electron chi connectivity index (χ3n) is 3.78. The van der Waals surface area contributed by atoms with Gasteiger partial charge < -0.3 is 4.74 Å². The second kappa shape index (κ2) is 7.79. The monoisotopic (exact) mass is 417 g/mol. The average Bonchev–Trinajstić information content (AvgIpc) is 2.69. The van der Waals surface area contributed by atoms with Crippen molar-refractivity contribution in [2.24, 2.45) is 0 Å². The SMILES string of the molecule is O=C(Oc1ccc(S(=O)(=O)c2ccc(Cl)cc2)cc1)c1ccc([N+](=O)[O-])cc1. The van der Waals surface area contributed by atoms with Crippen LogP contribution < -0.4 is 4.74 Å². The molecule has 0 heterocycles. The van der Waals surface area contributed by atoms with E-state index in [2.05, 4.69) is 0 Å². The summed E-state index contributed by atoms with van der Waals surface area (Å²) in [4.78, 5) is 22.3. The van der Waals surface area contributed by atoms with E-state index in [9.17, 15) is 23.3 Å². The minimum absolute atomic E-state index is 0.0324. The van der Waals surface area contributed by atoms with Gasteiger partial charge in [0.25, 0.3) is 5.69 Å². The molecule has 0 aliphatic carbocycles. The summed E-state index contributed by atoms with van der Waals surface area (Å²) in [6, 6.07) is 16.1. The lowest BCUT2D eigenvalue weighted by atomic mass is 10.2. The highest BCUT2D eigenvalue weighted by Gasteiger charge is 2.18. The van der Waals surface area contributed by atoms with Gasteiger partial charge in [0.2, 0.25) is 9.84 Å². The first kappa shape index (κ1) is 19.5. The third kappa shape index (κ3) is 4.19. The number of ether oxygens (including phenoxy) is 1. The van der Waals surface area contributed by atoms with E-state index in [0.29, 0.717) is 5.02 Å². The minimum Gasteiger partial charge on any atom is -0.423 e. The van der Waals surface area contributed by atoms with Crippen LogP contribution >= 0.6 is 11.6 Å². The van der Waals surface area contributed by atoms with Gasteiger partial charge in [0.1, 0.15) is 5.75 Å². The van der Waals surface area contributed by atoms with Gasteiger partial charge >= 0.3 is 5.97 Å². The van der Waals surface area contributed by atoms with Gasteiger partial charge in [0, 0.05) is 17.2 Å². The number of nitro benzene ring substituents is 1. The van der Waals surface area contributed by atoms with Crippen LogP contribution in [-0.4, -0.2) is 19.3 Å². The zero-order valence-corrected chi connectivity index (χ0v) is 15.7. The summed E-state index contributed by atoms with van der Waals surface area (Å²) >= 11 is 5.77. The van der Waals surface area contributed by atoms with Crippen LogP contribution in [-0.2, 0) is 9.84 Å². The van der Waals surface area contributed by atoms with Crippen molar-refractivity contribution in [3.8, 4) is 5.75 Å². The molecule has 7 nitrogen and oxygen atoms in total. The summed E-state index contributed by atoms with van der Waals surface area (Å²) in [6.45, 7) is 0. The summed E-state index contributed by atoms with van der Waals surface area (Å²) in [6.07, 6.45) is 0. The van der Waals surface area contributed by atoms with Gasteiger partial charge in [-0.3, -0.25) is 10.1 Å². The van der Waals surface area contributed by atoms with Gasteiger partial charge in [0.05, 0.1) is 20.3 Å². The Morgan fingerprint density at radius 1 is 0.857 bits per heavy atom. The molecule has 0 radical (unpaired) electrons. The van der Waals surface area contributed by atoms with E-state index < -0.39 is 20.7 Å². The molecule has 9 heteroatoms. The number of non-ortho nitro benzene ring substituents is 1. The summed E-state index contributed by atoms with van der Waals surface area (Å²) in [5.74, 6) is -0.582. The molecule has 0 saturated heterocycles. The van der Waals surface area contributed by atoms with Crippen molar-refractivity contribution in [3.05, 3.63) is 93.5 Å². The van der Waals surface area contributed by atoms with Crippen LogP contribution in [0, 0.1) is 10.1 Å². The molecule has 0 aliphatic rings. The Kier molecular flexibility index (Phi) is 5.43. The molecule has 0 saturated carbocycles. The number of esters is 1. The van der Waals surface area contributed by atoms with Crippen molar-refractivity contribution in [1.82, 2.24) is 0 Å². The quantitative estimate of drug-likeness (QED) is 0.265. The number of carbonyl (C=O) groups excluding carboxylic acids is 1. The lowest BCUT2D eigenvalue weighted by molar-refractivity contribution is -0.384. The second-order valence-corrected chi connectivity index (χ2v) is 8.01. The zero-order chi connectivity index (χ0) is 20.3. The van der Waals surface area contributed by atoms with E-state index in [1.54, 1.807) is 0 Å². The average molecular weight is 418 g/mol. The van der Waals surface area contributed by atoms with Gasteiger partial charge in [-0.2, -0.15) is 0 Å². The molecule has 0 atom stereocenters. The number of nitro groups is 1. The number of sulfone groups is 1. The molecule has 0 fully saturated rings. The van der Waals surface area contributed by atoms with Gasteiger partial charge in [-0.05, 0) is 60.7 Å². The smallest absolute Gasteiger partial charge is 0.343 e. The highest BCUT2D eigenvalue weighted by Crippen LogP contribution is 2.25. The first-order valence-corrected chi connectivity index (χ1v) is 9.71. The van der Waals surface area contributed by atoms with Crippen molar-refractivity contribution in [2.75, 3.05) is 0 Å². The van der Waals surface area contributed by atoms with E-state index >= 15 is 0 Å². The summed E-state index contributed by atoms with van der Waals surface area (Å²) < 4.78 is 30.3. The van der Waals surface area contributed by atoms with Crippen LogP contribution in [0.3, 0.4) is 0 Å². The fourth-order valence-corrected chi connectivity index (χ4v) is 3.71. The molecule has 0 N–H and O–H groups in total. The molecule has 3 aromatic rings. The molecule has 0 bridgehead atoms. The van der Waals surface area contributed by atoms with Crippen LogP contribution in [0.4, 0.5) is 5.69 Å². The van der Waals surface area contributed by atoms with Crippen molar-refractivity contribution in [1.29, 1.82) is 0 Å². The Labute approximate surface area is 165 Å². The fraction of sp³-hybridized carbons (Fsp3) is 0. The number of nitrogens with zero attached hydrogens (tertiary/aromatic N) is 1. The highest BCUT2D eigenvalue weighted by molar-refractivity contribution is 7.91. The van der Waals surface area contributed by atoms with E-state index in [-0.39, 0.29) is 26.8 Å². The van der Waals surface area contributed by atoms with Gasteiger partial charge in [-0.25, -0.2) is 13.2 Å². The molecule has 3 rings (SSSR count). The maximum absolute atomic E-state index is 12.6. The molecular weight excluding hydrogens is 406 g/mol. The highest BCUT2D eigenvalue weighted by atomic mass is 35.5. The predicted octanol–water partition coefficient (Wildman–Crippen LogP) is 4.30. The summed E-state index contributed by atoms with van der Waals surface area (Å²) in [7, 11) is -3.73. The number of carbonyl (C=O) groups is 1. The van der Waals surface area contributed by atoms with Crippen LogP contribution in [0.5, 0.6) is 5.75 Å². The van der Waals surface area contributed by atoms with Crippen LogP contribution in [0.15, 0.2) is 82.6 Å². The second-order valence-electron chi connectivity index (χ2n) is 5.62. The third-order valence-corrected chi connectivity index (χ3v) is 5.82. The van der Waals surface area contributed by atoms with Crippen molar-refractivity contribution in [2.45, 2.75) is 9.79 Å². The fourth-order valence-electron chi connectivity index (χ4n) is 2.32. The van der Waals surface area contributed by atoms with Gasteiger partial charge in [-0.1, -0.05) is 11.6 Å². The Hall–Kier alpha value is -3.23. The molecule has 0 aromatic heterocycles. The van der Waals surface area contributed by atoms with Crippen LogP contribution in [0.1, 0.15) is 10.4 Å². The first-order chi connectivity index (χ1) is 13.3. The van der Waals surface area contributed by atoms with E-state index in [4.69, 9.17) is 16.3 Å². The maximum atomic E-state index is 12.6. The molecule has 0 aliphatic heterocycles. The molecule has 0 amide bonds. The van der Waals surface area contributed by atoms with Crippen LogP contribution in [0.2, 0.25) is 5.02 Å². The van der Waals surface area contributed by atoms with E-state index in [1.165, 1.54) is 72.8 Å². The van der Waals surface area contributed by atoms with Crippen molar-refractivity contribution < 1.29 is 22.9 Å². The minimum atomic E-state index is -3.73. The number of halogens is 1. The van der Waals surface area contributed by atoms with Crippen molar-refractivity contribution in [3.63, 3.8) is 0 Å². The largest absolute Gasteiger partial charge is 0.423 e. The molecule has 142 valence electrons. The Balaban J connectivity index is 1.76. The van der Waals surface area contributed by atoms with Crippen molar-refractivity contribution >= 4 is 33.1 Å². The molecule has 3 aromatic carbocycles. The van der Waals surface area contributed by atoms with Gasteiger partial charge in [0.15, 0.2) is 0 Å². The number of hydrogen-bond acceptors (Lipinski definition) is 6. The predicted molar refractivity (Wildman–Crippen MR) is 101 cm³/mol. The summed E-state index contributed by atoms with van der Waals surface area (Å²) in [5, 5.41) is 11.1. The Morgan fingerprint density at radius 2 is 1.36 bits per heavy atom. The molecule has 0 unspecified atom stereocenters. The lowest BCUT2D eigenvalue weighted by Crippen LogP contribution is -2.08. The maximum Gasteiger partial charge on any atom is 0.343 e. The number of rotatable bonds is 5. The normalized spacial score (nSPS) is 11.0. The molecular formula is C19H12ClNO6S. The van der Waals surface area contributed by atoms with E-state index in [1.807, 2.05) is 0 Å².